The molecule has 1 saturated heterocycles. The van der Waals surface area contributed by atoms with Crippen molar-refractivity contribution in [2.45, 2.75) is 38.8 Å². The van der Waals surface area contributed by atoms with Gasteiger partial charge < -0.3 is 20.1 Å². The normalized spacial score (nSPS) is 23.0. The van der Waals surface area contributed by atoms with Crippen LogP contribution in [0.1, 0.15) is 25.8 Å². The summed E-state index contributed by atoms with van der Waals surface area (Å²) in [6, 6.07) is 4.13. The number of nitrogens with one attached hydrogen (secondary N) is 2. The molecule has 1 aromatic carbocycles. The number of carbonyl (C=O) groups is 1. The van der Waals surface area contributed by atoms with Crippen LogP contribution >= 0.6 is 11.8 Å². The maximum atomic E-state index is 12.3. The van der Waals surface area contributed by atoms with E-state index in [1.807, 2.05) is 37.7 Å². The maximum absolute atomic E-state index is 12.3. The fourth-order valence-electron chi connectivity index (χ4n) is 2.99. The van der Waals surface area contributed by atoms with Crippen LogP contribution in [0.2, 0.25) is 0 Å². The fourth-order valence-corrected chi connectivity index (χ4v) is 3.94. The van der Waals surface area contributed by atoms with Crippen molar-refractivity contribution in [1.82, 2.24) is 5.32 Å². The molecular weight excluding hydrogens is 312 g/mol. The zero-order valence-corrected chi connectivity index (χ0v) is 14.5. The Balaban J connectivity index is 1.70. The molecule has 1 fully saturated rings. The molecule has 0 aromatic heterocycles. The van der Waals surface area contributed by atoms with E-state index >= 15 is 0 Å². The molecule has 126 valence electrons. The Labute approximate surface area is 141 Å². The number of rotatable bonds is 5. The van der Waals surface area contributed by atoms with Crippen molar-refractivity contribution in [1.29, 1.82) is 0 Å². The number of carbonyl (C=O) groups excluding carboxylic acids is 1. The quantitative estimate of drug-likeness (QED) is 0.865. The molecule has 1 aromatic rings. The molecule has 0 saturated carbocycles. The summed E-state index contributed by atoms with van der Waals surface area (Å²) in [5.74, 6) is 3.69. The third-order valence-electron chi connectivity index (χ3n) is 4.00. The molecule has 0 bridgehead atoms. The van der Waals surface area contributed by atoms with Crippen LogP contribution in [-0.4, -0.2) is 42.7 Å². The van der Waals surface area contributed by atoms with E-state index in [0.717, 1.165) is 41.5 Å². The van der Waals surface area contributed by atoms with E-state index in [4.69, 9.17) is 9.47 Å². The Morgan fingerprint density at radius 2 is 2.39 bits per heavy atom. The minimum Gasteiger partial charge on any atom is -0.492 e. The highest BCUT2D eigenvalue weighted by Gasteiger charge is 2.23. The summed E-state index contributed by atoms with van der Waals surface area (Å²) in [6.45, 7) is 5.53. The Morgan fingerprint density at radius 3 is 3.13 bits per heavy atom. The van der Waals surface area contributed by atoms with E-state index in [-0.39, 0.29) is 18.1 Å². The van der Waals surface area contributed by atoms with Gasteiger partial charge in [-0.3, -0.25) is 4.79 Å². The van der Waals surface area contributed by atoms with Crippen LogP contribution in [0.4, 0.5) is 5.69 Å². The van der Waals surface area contributed by atoms with Gasteiger partial charge in [-0.2, -0.15) is 11.8 Å². The van der Waals surface area contributed by atoms with Gasteiger partial charge >= 0.3 is 0 Å². The molecule has 2 aliphatic heterocycles. The van der Waals surface area contributed by atoms with Crippen LogP contribution < -0.4 is 20.1 Å². The van der Waals surface area contributed by atoms with Gasteiger partial charge in [-0.25, -0.2) is 0 Å². The minimum absolute atomic E-state index is 0.0111. The molecule has 2 heterocycles. The predicted octanol–water partition coefficient (Wildman–Crippen LogP) is 2.44. The third-order valence-corrected chi connectivity index (χ3v) is 5.13. The monoisotopic (exact) mass is 336 g/mol. The fraction of sp³-hybridized carbons (Fsp3) is 0.588. The highest BCUT2D eigenvalue weighted by atomic mass is 32.2. The standard InChI is InChI=1S/C17H24N2O3S/c1-3-21-16-7-12-6-11(2)22-15(12)9-14(16)19-17(20)8-13-10-23-5-4-18-13/h7,9,11,13,18H,3-6,8,10H2,1-2H3,(H,19,20). The summed E-state index contributed by atoms with van der Waals surface area (Å²) in [7, 11) is 0. The van der Waals surface area contributed by atoms with Gasteiger partial charge in [-0.05, 0) is 19.9 Å². The molecule has 1 amide bonds. The molecule has 2 unspecified atom stereocenters. The van der Waals surface area contributed by atoms with Gasteiger partial charge in [0.25, 0.3) is 0 Å². The number of amides is 1. The van der Waals surface area contributed by atoms with Crippen LogP contribution in [0.25, 0.3) is 0 Å². The minimum atomic E-state index is 0.0111. The third kappa shape index (κ3) is 4.12. The first-order chi connectivity index (χ1) is 11.2. The molecule has 0 radical (unpaired) electrons. The zero-order chi connectivity index (χ0) is 16.2. The second-order valence-corrected chi connectivity index (χ2v) is 7.15. The Morgan fingerprint density at radius 1 is 1.52 bits per heavy atom. The van der Waals surface area contributed by atoms with E-state index in [1.165, 1.54) is 0 Å². The molecule has 2 atom stereocenters. The van der Waals surface area contributed by atoms with Gasteiger partial charge in [0.2, 0.25) is 5.91 Å². The first kappa shape index (κ1) is 16.5. The number of anilines is 1. The molecule has 23 heavy (non-hydrogen) atoms. The summed E-state index contributed by atoms with van der Waals surface area (Å²) in [5, 5.41) is 6.38. The number of hydrogen-bond donors (Lipinski definition) is 2. The van der Waals surface area contributed by atoms with Gasteiger partial charge in [0, 0.05) is 48.6 Å². The lowest BCUT2D eigenvalue weighted by atomic mass is 10.1. The summed E-state index contributed by atoms with van der Waals surface area (Å²) in [6.07, 6.45) is 1.54. The number of benzene rings is 1. The largest absolute Gasteiger partial charge is 0.492 e. The summed E-state index contributed by atoms with van der Waals surface area (Å²) in [5.41, 5.74) is 1.84. The van der Waals surface area contributed by atoms with Gasteiger partial charge in [0.15, 0.2) is 0 Å². The van der Waals surface area contributed by atoms with Crippen molar-refractivity contribution in [3.8, 4) is 11.5 Å². The lowest BCUT2D eigenvalue weighted by molar-refractivity contribution is -0.116. The molecule has 0 spiro atoms. The Kier molecular flexibility index (Phi) is 5.33. The van der Waals surface area contributed by atoms with Crippen molar-refractivity contribution < 1.29 is 14.3 Å². The number of thioether (sulfide) groups is 1. The first-order valence-corrected chi connectivity index (χ1v) is 9.38. The second kappa shape index (κ2) is 7.45. The molecule has 2 N–H and O–H groups in total. The van der Waals surface area contributed by atoms with E-state index in [9.17, 15) is 4.79 Å². The van der Waals surface area contributed by atoms with E-state index in [0.29, 0.717) is 18.7 Å². The Hall–Kier alpha value is -1.40. The smallest absolute Gasteiger partial charge is 0.226 e. The van der Waals surface area contributed by atoms with Crippen molar-refractivity contribution >= 4 is 23.4 Å². The van der Waals surface area contributed by atoms with Gasteiger partial charge in [0.05, 0.1) is 12.3 Å². The molecular formula is C17H24N2O3S. The average Bonchev–Trinajstić information content (AvgIpc) is 2.88. The lowest BCUT2D eigenvalue weighted by Crippen LogP contribution is -2.39. The van der Waals surface area contributed by atoms with E-state index < -0.39 is 0 Å². The van der Waals surface area contributed by atoms with Crippen LogP contribution in [0.15, 0.2) is 12.1 Å². The molecule has 0 aliphatic carbocycles. The molecule has 6 heteroatoms. The molecule has 3 rings (SSSR count). The number of hydrogen-bond acceptors (Lipinski definition) is 5. The van der Waals surface area contributed by atoms with Gasteiger partial charge in [-0.1, -0.05) is 0 Å². The highest BCUT2D eigenvalue weighted by Crippen LogP contribution is 2.38. The molecule has 5 nitrogen and oxygen atoms in total. The van der Waals surface area contributed by atoms with E-state index in [2.05, 4.69) is 10.6 Å². The maximum Gasteiger partial charge on any atom is 0.226 e. The van der Waals surface area contributed by atoms with Crippen LogP contribution in [-0.2, 0) is 11.2 Å². The van der Waals surface area contributed by atoms with Crippen molar-refractivity contribution in [3.05, 3.63) is 17.7 Å². The summed E-state index contributed by atoms with van der Waals surface area (Å²) in [4.78, 5) is 12.3. The number of fused-ring (bicyclic) bond motifs is 1. The first-order valence-electron chi connectivity index (χ1n) is 8.23. The van der Waals surface area contributed by atoms with Crippen LogP contribution in [0, 0.1) is 0 Å². The predicted molar refractivity (Wildman–Crippen MR) is 93.8 cm³/mol. The zero-order valence-electron chi connectivity index (χ0n) is 13.7. The van der Waals surface area contributed by atoms with Gasteiger partial charge in [0.1, 0.15) is 17.6 Å². The van der Waals surface area contributed by atoms with Crippen molar-refractivity contribution in [3.63, 3.8) is 0 Å². The summed E-state index contributed by atoms with van der Waals surface area (Å²) >= 11 is 1.89. The van der Waals surface area contributed by atoms with Crippen LogP contribution in [0.3, 0.4) is 0 Å². The topological polar surface area (TPSA) is 59.6 Å². The summed E-state index contributed by atoms with van der Waals surface area (Å²) < 4.78 is 11.5. The Bertz CT molecular complexity index is 573. The van der Waals surface area contributed by atoms with Gasteiger partial charge in [-0.15, -0.1) is 0 Å². The van der Waals surface area contributed by atoms with Crippen LogP contribution in [0.5, 0.6) is 11.5 Å². The lowest BCUT2D eigenvalue weighted by Gasteiger charge is -2.22. The highest BCUT2D eigenvalue weighted by molar-refractivity contribution is 7.99. The SMILES string of the molecule is CCOc1cc2c(cc1NC(=O)CC1CSCCN1)OC(C)C2. The average molecular weight is 336 g/mol. The van der Waals surface area contributed by atoms with Crippen molar-refractivity contribution in [2.75, 3.05) is 30.0 Å². The number of ether oxygens (including phenoxy) is 2. The van der Waals surface area contributed by atoms with E-state index in [1.54, 1.807) is 0 Å². The van der Waals surface area contributed by atoms with Crippen molar-refractivity contribution in [2.24, 2.45) is 0 Å². The second-order valence-electron chi connectivity index (χ2n) is 6.00. The molecule has 2 aliphatic rings.